The molecule has 2 aromatic carbocycles. The monoisotopic (exact) mass is 469 g/mol. The predicted molar refractivity (Wildman–Crippen MR) is 126 cm³/mol. The lowest BCUT2D eigenvalue weighted by Gasteiger charge is -2.25. The molecule has 0 fully saturated rings. The van der Waals surface area contributed by atoms with E-state index in [1.54, 1.807) is 16.2 Å². The number of thioether (sulfide) groups is 1. The number of rotatable bonds is 6. The quantitative estimate of drug-likeness (QED) is 0.473. The highest BCUT2D eigenvalue weighted by molar-refractivity contribution is 8.00. The number of nitrogens with zero attached hydrogens (tertiary/aromatic N) is 1. The second-order valence-corrected chi connectivity index (χ2v) is 9.42. The minimum atomic E-state index is 0.0205. The molecule has 6 nitrogen and oxygen atoms in total. The van der Waals surface area contributed by atoms with E-state index in [1.807, 2.05) is 53.9 Å². The van der Waals surface area contributed by atoms with Gasteiger partial charge in [0.25, 0.3) is 0 Å². The van der Waals surface area contributed by atoms with Crippen molar-refractivity contribution in [1.29, 1.82) is 0 Å². The van der Waals surface area contributed by atoms with Gasteiger partial charge in [0.1, 0.15) is 13.2 Å². The largest absolute Gasteiger partial charge is 0.490 e. The molecule has 0 spiro atoms. The van der Waals surface area contributed by atoms with Crippen LogP contribution in [0.5, 0.6) is 23.0 Å². The van der Waals surface area contributed by atoms with Gasteiger partial charge in [-0.1, -0.05) is 6.07 Å². The molecule has 0 saturated carbocycles. The summed E-state index contributed by atoms with van der Waals surface area (Å²) in [4.78, 5) is 17.2. The summed E-state index contributed by atoms with van der Waals surface area (Å²) in [6.45, 7) is 2.85. The van der Waals surface area contributed by atoms with E-state index in [-0.39, 0.29) is 5.91 Å². The van der Waals surface area contributed by atoms with Crippen molar-refractivity contribution in [2.24, 2.45) is 0 Å². The summed E-state index contributed by atoms with van der Waals surface area (Å²) < 4.78 is 22.8. The zero-order chi connectivity index (χ0) is 21.8. The molecule has 0 N–H and O–H groups in total. The summed E-state index contributed by atoms with van der Waals surface area (Å²) in [5.74, 6) is 3.21. The topological polar surface area (TPSA) is 57.2 Å². The molecule has 1 aromatic heterocycles. The minimum Gasteiger partial charge on any atom is -0.490 e. The fraction of sp³-hybridized carbons (Fsp3) is 0.292. The van der Waals surface area contributed by atoms with Crippen molar-refractivity contribution in [2.75, 3.05) is 37.1 Å². The number of amides is 1. The molecule has 1 amide bonds. The van der Waals surface area contributed by atoms with Crippen molar-refractivity contribution in [3.8, 4) is 23.0 Å². The van der Waals surface area contributed by atoms with Gasteiger partial charge in [0.15, 0.2) is 23.0 Å². The number of hydrogen-bond donors (Lipinski definition) is 0. The zero-order valence-corrected chi connectivity index (χ0v) is 19.1. The van der Waals surface area contributed by atoms with Crippen LogP contribution in [0.4, 0.5) is 5.69 Å². The van der Waals surface area contributed by atoms with Gasteiger partial charge in [0, 0.05) is 27.9 Å². The first-order valence-electron chi connectivity index (χ1n) is 10.5. The molecule has 8 heteroatoms. The van der Waals surface area contributed by atoms with Gasteiger partial charge in [-0.05, 0) is 41.8 Å². The maximum Gasteiger partial charge on any atom is 0.237 e. The van der Waals surface area contributed by atoms with E-state index in [0.29, 0.717) is 50.2 Å². The predicted octanol–water partition coefficient (Wildman–Crippen LogP) is 5.01. The van der Waals surface area contributed by atoms with E-state index in [0.717, 1.165) is 33.4 Å². The fourth-order valence-corrected chi connectivity index (χ4v) is 5.03. The number of benzene rings is 2. The smallest absolute Gasteiger partial charge is 0.237 e. The highest BCUT2D eigenvalue weighted by Crippen LogP contribution is 2.36. The van der Waals surface area contributed by atoms with Crippen LogP contribution in [0, 0.1) is 0 Å². The minimum absolute atomic E-state index is 0.0205. The van der Waals surface area contributed by atoms with E-state index >= 15 is 0 Å². The van der Waals surface area contributed by atoms with Gasteiger partial charge in [-0.3, -0.25) is 4.79 Å². The zero-order valence-electron chi connectivity index (χ0n) is 17.5. The Morgan fingerprint density at radius 3 is 2.41 bits per heavy atom. The van der Waals surface area contributed by atoms with E-state index in [4.69, 9.17) is 18.9 Å². The Morgan fingerprint density at radius 1 is 0.875 bits per heavy atom. The van der Waals surface area contributed by atoms with Gasteiger partial charge in [0.05, 0.1) is 25.5 Å². The Balaban J connectivity index is 1.33. The number of hydrogen-bond acceptors (Lipinski definition) is 7. The van der Waals surface area contributed by atoms with Crippen molar-refractivity contribution in [3.05, 3.63) is 58.8 Å². The average molecular weight is 470 g/mol. The third-order valence-corrected chi connectivity index (χ3v) is 6.95. The van der Waals surface area contributed by atoms with E-state index in [1.165, 1.54) is 11.8 Å². The number of fused-ring (bicyclic) bond motifs is 2. The summed E-state index contributed by atoms with van der Waals surface area (Å²) >= 11 is 3.13. The highest BCUT2D eigenvalue weighted by atomic mass is 32.2. The van der Waals surface area contributed by atoms with Crippen LogP contribution >= 0.6 is 23.1 Å². The first-order valence-corrected chi connectivity index (χ1v) is 12.4. The lowest BCUT2D eigenvalue weighted by atomic mass is 10.2. The van der Waals surface area contributed by atoms with Crippen molar-refractivity contribution in [2.45, 2.75) is 17.9 Å². The van der Waals surface area contributed by atoms with Crippen LogP contribution in [0.1, 0.15) is 11.3 Å². The Labute approximate surface area is 195 Å². The van der Waals surface area contributed by atoms with Crippen LogP contribution in [-0.2, 0) is 11.3 Å². The average Bonchev–Trinajstić information content (AvgIpc) is 3.24. The Morgan fingerprint density at radius 2 is 1.59 bits per heavy atom. The van der Waals surface area contributed by atoms with Crippen molar-refractivity contribution in [3.63, 3.8) is 0 Å². The Kier molecular flexibility index (Phi) is 6.41. The van der Waals surface area contributed by atoms with E-state index < -0.39 is 0 Å². The standard InChI is InChI=1S/C24H23NO5S2/c26-24(16-32-18-5-7-21-23(14-18)28-9-2-8-27-21)25(15-19-3-1-12-31-19)17-4-6-20-22(13-17)30-11-10-29-20/h1,3-7,12-14H,2,8-11,15-16H2. The van der Waals surface area contributed by atoms with Crippen LogP contribution in [0.15, 0.2) is 58.8 Å². The number of carbonyl (C=O) groups is 1. The molecule has 2 aliphatic rings. The summed E-state index contributed by atoms with van der Waals surface area (Å²) in [5, 5.41) is 2.02. The van der Waals surface area contributed by atoms with Crippen LogP contribution in [0.25, 0.3) is 0 Å². The molecule has 0 aliphatic carbocycles. The Hall–Kier alpha value is -2.84. The summed E-state index contributed by atoms with van der Waals surface area (Å²) in [6.07, 6.45) is 0.864. The first-order chi connectivity index (χ1) is 15.8. The second kappa shape index (κ2) is 9.75. The van der Waals surface area contributed by atoms with Crippen LogP contribution in [-0.4, -0.2) is 38.1 Å². The first kappa shape index (κ1) is 21.0. The van der Waals surface area contributed by atoms with Gasteiger partial charge in [-0.25, -0.2) is 0 Å². The molecule has 0 radical (unpaired) electrons. The molecular formula is C24H23NO5S2. The summed E-state index contributed by atoms with van der Waals surface area (Å²) in [5.41, 5.74) is 0.798. The molecule has 3 aromatic rings. The molecule has 0 unspecified atom stereocenters. The molecule has 0 saturated heterocycles. The normalized spacial score (nSPS) is 14.5. The van der Waals surface area contributed by atoms with Gasteiger partial charge < -0.3 is 23.8 Å². The maximum absolute atomic E-state index is 13.3. The summed E-state index contributed by atoms with van der Waals surface area (Å²) in [7, 11) is 0. The molecule has 2 aliphatic heterocycles. The number of ether oxygens (including phenoxy) is 4. The lowest BCUT2D eigenvalue weighted by Crippen LogP contribution is -2.31. The van der Waals surface area contributed by atoms with Gasteiger partial charge in [0.2, 0.25) is 5.91 Å². The number of anilines is 1. The lowest BCUT2D eigenvalue weighted by molar-refractivity contribution is -0.116. The second-order valence-electron chi connectivity index (χ2n) is 7.33. The molecule has 0 bridgehead atoms. The van der Waals surface area contributed by atoms with Crippen LogP contribution in [0.2, 0.25) is 0 Å². The van der Waals surface area contributed by atoms with Crippen molar-refractivity contribution in [1.82, 2.24) is 0 Å². The molecular weight excluding hydrogens is 446 g/mol. The van der Waals surface area contributed by atoms with Crippen LogP contribution in [0.3, 0.4) is 0 Å². The van der Waals surface area contributed by atoms with Gasteiger partial charge >= 0.3 is 0 Å². The van der Waals surface area contributed by atoms with Crippen molar-refractivity contribution < 1.29 is 23.7 Å². The molecule has 3 heterocycles. The van der Waals surface area contributed by atoms with Gasteiger partial charge in [-0.2, -0.15) is 0 Å². The molecule has 32 heavy (non-hydrogen) atoms. The van der Waals surface area contributed by atoms with Crippen molar-refractivity contribution >= 4 is 34.7 Å². The molecule has 5 rings (SSSR count). The third kappa shape index (κ3) is 4.81. The molecule has 166 valence electrons. The number of thiophene rings is 1. The molecule has 0 atom stereocenters. The van der Waals surface area contributed by atoms with Gasteiger partial charge in [-0.15, -0.1) is 23.1 Å². The summed E-state index contributed by atoms with van der Waals surface area (Å²) in [6, 6.07) is 15.5. The highest BCUT2D eigenvalue weighted by Gasteiger charge is 2.21. The number of carbonyl (C=O) groups excluding carboxylic acids is 1. The SMILES string of the molecule is O=C(CSc1ccc2c(c1)OCCCO2)N(Cc1cccs1)c1ccc2c(c1)OCCO2. The van der Waals surface area contributed by atoms with E-state index in [9.17, 15) is 4.79 Å². The Bertz CT molecular complexity index is 1090. The fourth-order valence-electron chi connectivity index (χ4n) is 3.54. The van der Waals surface area contributed by atoms with E-state index in [2.05, 4.69) is 0 Å². The third-order valence-electron chi connectivity index (χ3n) is 5.11. The maximum atomic E-state index is 13.3. The van der Waals surface area contributed by atoms with Crippen LogP contribution < -0.4 is 23.8 Å².